The van der Waals surface area contributed by atoms with E-state index >= 15 is 0 Å². The van der Waals surface area contributed by atoms with Gasteiger partial charge in [0, 0.05) is 16.9 Å². The Kier molecular flexibility index (Phi) is 4.02. The third-order valence-electron chi connectivity index (χ3n) is 2.33. The molecule has 0 aliphatic rings. The summed E-state index contributed by atoms with van der Waals surface area (Å²) in [6, 6.07) is 0.917. The zero-order chi connectivity index (χ0) is 14.0. The average molecular weight is 346 g/mol. The van der Waals surface area contributed by atoms with Crippen LogP contribution in [0.15, 0.2) is 38.4 Å². The zero-order valence-corrected chi connectivity index (χ0v) is 12.7. The number of nitrogens with zero attached hydrogens (tertiary/aromatic N) is 2. The molecule has 0 aliphatic heterocycles. The molecule has 1 atom stereocenters. The summed E-state index contributed by atoms with van der Waals surface area (Å²) in [6.07, 6.45) is 4.33. The van der Waals surface area contributed by atoms with Crippen LogP contribution >= 0.6 is 15.9 Å². The Balaban J connectivity index is 2.22. The summed E-state index contributed by atoms with van der Waals surface area (Å²) in [5, 5.41) is 0. The lowest BCUT2D eigenvalue weighted by Gasteiger charge is -2.11. The molecule has 1 unspecified atom stereocenters. The highest BCUT2D eigenvalue weighted by Gasteiger charge is 2.21. The van der Waals surface area contributed by atoms with Gasteiger partial charge in [0.25, 0.3) is 0 Å². The van der Waals surface area contributed by atoms with Crippen molar-refractivity contribution in [3.05, 3.63) is 40.8 Å². The summed E-state index contributed by atoms with van der Waals surface area (Å²) < 4.78 is 32.6. The standard InChI is InChI=1S/C11H12BrN3O3S/c1-7-4-14-11(18-7)8(2)15-19(16,17)10-3-9(12)5-13-6-10/h3-6,8,15H,1-2H3. The van der Waals surface area contributed by atoms with Crippen molar-refractivity contribution < 1.29 is 12.8 Å². The van der Waals surface area contributed by atoms with E-state index in [1.165, 1.54) is 18.5 Å². The fourth-order valence-electron chi connectivity index (χ4n) is 1.46. The van der Waals surface area contributed by atoms with E-state index in [9.17, 15) is 8.42 Å². The van der Waals surface area contributed by atoms with E-state index in [0.29, 0.717) is 16.1 Å². The first-order valence-electron chi connectivity index (χ1n) is 5.44. The summed E-state index contributed by atoms with van der Waals surface area (Å²) in [5.74, 6) is 0.953. The Morgan fingerprint density at radius 1 is 1.37 bits per heavy atom. The Bertz CT molecular complexity index is 684. The summed E-state index contributed by atoms with van der Waals surface area (Å²) in [4.78, 5) is 7.90. The number of halogens is 1. The summed E-state index contributed by atoms with van der Waals surface area (Å²) in [7, 11) is -3.66. The van der Waals surface area contributed by atoms with Crippen molar-refractivity contribution in [2.45, 2.75) is 24.8 Å². The van der Waals surface area contributed by atoms with Crippen LogP contribution in [0.1, 0.15) is 24.6 Å². The third-order valence-corrected chi connectivity index (χ3v) is 4.27. The molecule has 0 aromatic carbocycles. The maximum atomic E-state index is 12.1. The van der Waals surface area contributed by atoms with E-state index < -0.39 is 16.1 Å². The van der Waals surface area contributed by atoms with Crippen molar-refractivity contribution in [3.8, 4) is 0 Å². The highest BCUT2D eigenvalue weighted by Crippen LogP contribution is 2.18. The van der Waals surface area contributed by atoms with Crippen molar-refractivity contribution in [3.63, 3.8) is 0 Å². The molecule has 0 aliphatic carbocycles. The first-order chi connectivity index (χ1) is 8.88. The number of oxazole rings is 1. The Hall–Kier alpha value is -1.25. The van der Waals surface area contributed by atoms with Gasteiger partial charge in [-0.15, -0.1) is 0 Å². The first-order valence-corrected chi connectivity index (χ1v) is 7.71. The Labute approximate surface area is 119 Å². The van der Waals surface area contributed by atoms with Crippen LogP contribution in [-0.2, 0) is 10.0 Å². The van der Waals surface area contributed by atoms with Crippen LogP contribution in [-0.4, -0.2) is 18.4 Å². The van der Waals surface area contributed by atoms with E-state index in [4.69, 9.17) is 4.42 Å². The quantitative estimate of drug-likeness (QED) is 0.917. The van der Waals surface area contributed by atoms with Crippen LogP contribution in [0, 0.1) is 6.92 Å². The van der Waals surface area contributed by atoms with E-state index in [2.05, 4.69) is 30.6 Å². The predicted molar refractivity (Wildman–Crippen MR) is 71.9 cm³/mol. The number of hydrogen-bond acceptors (Lipinski definition) is 5. The number of aryl methyl sites for hydroxylation is 1. The number of nitrogens with one attached hydrogen (secondary N) is 1. The van der Waals surface area contributed by atoms with Crippen molar-refractivity contribution >= 4 is 26.0 Å². The van der Waals surface area contributed by atoms with Crippen molar-refractivity contribution in [1.29, 1.82) is 0 Å². The van der Waals surface area contributed by atoms with E-state index in [0.717, 1.165) is 0 Å². The Morgan fingerprint density at radius 2 is 2.11 bits per heavy atom. The molecule has 19 heavy (non-hydrogen) atoms. The molecular weight excluding hydrogens is 334 g/mol. The summed E-state index contributed by atoms with van der Waals surface area (Å²) in [5.41, 5.74) is 0. The second-order valence-electron chi connectivity index (χ2n) is 3.99. The fourth-order valence-corrected chi connectivity index (χ4v) is 3.16. The predicted octanol–water partition coefficient (Wildman–Crippen LogP) is 2.18. The van der Waals surface area contributed by atoms with Gasteiger partial charge in [-0.3, -0.25) is 4.98 Å². The third kappa shape index (κ3) is 3.40. The highest BCUT2D eigenvalue weighted by atomic mass is 79.9. The van der Waals surface area contributed by atoms with Gasteiger partial charge < -0.3 is 4.42 Å². The molecule has 0 amide bonds. The minimum atomic E-state index is -3.66. The fraction of sp³-hybridized carbons (Fsp3) is 0.273. The molecule has 0 spiro atoms. The Morgan fingerprint density at radius 3 is 2.68 bits per heavy atom. The molecule has 0 fully saturated rings. The van der Waals surface area contributed by atoms with E-state index in [-0.39, 0.29) is 4.90 Å². The maximum absolute atomic E-state index is 12.1. The molecule has 0 radical (unpaired) electrons. The minimum absolute atomic E-state index is 0.0806. The second-order valence-corrected chi connectivity index (χ2v) is 6.62. The summed E-state index contributed by atoms with van der Waals surface area (Å²) >= 11 is 3.18. The van der Waals surface area contributed by atoms with Crippen LogP contribution < -0.4 is 4.72 Å². The number of hydrogen-bond donors (Lipinski definition) is 1. The lowest BCUT2D eigenvalue weighted by Crippen LogP contribution is -2.27. The number of rotatable bonds is 4. The molecule has 0 bridgehead atoms. The molecule has 0 saturated heterocycles. The van der Waals surface area contributed by atoms with Gasteiger partial charge in [0.2, 0.25) is 15.9 Å². The topological polar surface area (TPSA) is 85.1 Å². The first kappa shape index (κ1) is 14.2. The zero-order valence-electron chi connectivity index (χ0n) is 10.3. The van der Waals surface area contributed by atoms with Gasteiger partial charge in [-0.2, -0.15) is 4.72 Å². The van der Waals surface area contributed by atoms with Crippen LogP contribution in [0.5, 0.6) is 0 Å². The summed E-state index contributed by atoms with van der Waals surface area (Å²) in [6.45, 7) is 3.41. The van der Waals surface area contributed by atoms with Crippen molar-refractivity contribution in [1.82, 2.24) is 14.7 Å². The molecule has 2 heterocycles. The van der Waals surface area contributed by atoms with E-state index in [1.54, 1.807) is 20.0 Å². The largest absolute Gasteiger partial charge is 0.444 e. The molecule has 102 valence electrons. The lowest BCUT2D eigenvalue weighted by molar-refractivity contribution is 0.427. The number of pyridine rings is 1. The molecule has 1 N–H and O–H groups in total. The molecule has 6 nitrogen and oxygen atoms in total. The SMILES string of the molecule is Cc1cnc(C(C)NS(=O)(=O)c2cncc(Br)c2)o1. The molecule has 8 heteroatoms. The molecule has 0 saturated carbocycles. The smallest absolute Gasteiger partial charge is 0.242 e. The van der Waals surface area contributed by atoms with Gasteiger partial charge in [0.1, 0.15) is 10.7 Å². The van der Waals surface area contributed by atoms with Gasteiger partial charge in [-0.05, 0) is 35.8 Å². The number of sulfonamides is 1. The van der Waals surface area contributed by atoms with Gasteiger partial charge in [-0.1, -0.05) is 0 Å². The van der Waals surface area contributed by atoms with Crippen molar-refractivity contribution in [2.24, 2.45) is 0 Å². The second kappa shape index (κ2) is 5.40. The van der Waals surface area contributed by atoms with Gasteiger partial charge in [0.05, 0.1) is 12.2 Å². The lowest BCUT2D eigenvalue weighted by atomic mass is 10.4. The highest BCUT2D eigenvalue weighted by molar-refractivity contribution is 9.10. The molecule has 2 rings (SSSR count). The molecule has 2 aromatic rings. The monoisotopic (exact) mass is 345 g/mol. The van der Waals surface area contributed by atoms with Crippen molar-refractivity contribution in [2.75, 3.05) is 0 Å². The van der Waals surface area contributed by atoms with Crippen LogP contribution in [0.2, 0.25) is 0 Å². The minimum Gasteiger partial charge on any atom is -0.444 e. The average Bonchev–Trinajstić information content (AvgIpc) is 2.75. The van der Waals surface area contributed by atoms with Crippen LogP contribution in [0.3, 0.4) is 0 Å². The maximum Gasteiger partial charge on any atom is 0.242 e. The molecular formula is C11H12BrN3O3S. The normalized spacial score (nSPS) is 13.4. The van der Waals surface area contributed by atoms with Crippen LogP contribution in [0.25, 0.3) is 0 Å². The molecule has 2 aromatic heterocycles. The van der Waals surface area contributed by atoms with Gasteiger partial charge in [-0.25, -0.2) is 13.4 Å². The van der Waals surface area contributed by atoms with Gasteiger partial charge in [0.15, 0.2) is 0 Å². The number of aromatic nitrogens is 2. The van der Waals surface area contributed by atoms with Gasteiger partial charge >= 0.3 is 0 Å². The van der Waals surface area contributed by atoms with Crippen LogP contribution in [0.4, 0.5) is 0 Å². The van der Waals surface area contributed by atoms with E-state index in [1.807, 2.05) is 0 Å².